The smallest absolute Gasteiger partial charge is 0.309 e. The minimum Gasteiger partial charge on any atom is -0.457 e. The van der Waals surface area contributed by atoms with Crippen molar-refractivity contribution >= 4 is 23.3 Å². The quantitative estimate of drug-likeness (QED) is 0.638. The van der Waals surface area contributed by atoms with Crippen molar-refractivity contribution in [1.82, 2.24) is 0 Å². The van der Waals surface area contributed by atoms with Crippen LogP contribution in [0.15, 0.2) is 24.3 Å². The Morgan fingerprint density at radius 3 is 2.40 bits per heavy atom. The van der Waals surface area contributed by atoms with Crippen LogP contribution in [0, 0.1) is 5.92 Å². The minimum absolute atomic E-state index is 0.00516. The summed E-state index contributed by atoms with van der Waals surface area (Å²) in [7, 11) is 0. The van der Waals surface area contributed by atoms with E-state index in [-0.39, 0.29) is 30.2 Å². The molecule has 0 radical (unpaired) electrons. The monoisotopic (exact) mass is 275 g/mol. The van der Waals surface area contributed by atoms with Gasteiger partial charge in [-0.05, 0) is 37.1 Å². The highest BCUT2D eigenvalue weighted by Crippen LogP contribution is 2.30. The first kappa shape index (κ1) is 14.2. The lowest BCUT2D eigenvalue weighted by Gasteiger charge is -2.06. The summed E-state index contributed by atoms with van der Waals surface area (Å²) >= 11 is 0. The summed E-state index contributed by atoms with van der Waals surface area (Å²) in [5.74, 6) is -0.616. The number of hydrogen-bond acceptors (Lipinski definition) is 4. The molecular formula is C15H17NO4. The summed E-state index contributed by atoms with van der Waals surface area (Å²) in [6.45, 7) is 1.54. The first-order chi connectivity index (χ1) is 9.60. The molecule has 1 N–H and O–H groups in total. The molecule has 1 aliphatic carbocycles. The van der Waals surface area contributed by atoms with Crippen LogP contribution in [0.25, 0.3) is 0 Å². The van der Waals surface area contributed by atoms with Gasteiger partial charge in [-0.25, -0.2) is 0 Å². The van der Waals surface area contributed by atoms with Gasteiger partial charge in [0.2, 0.25) is 5.91 Å². The molecule has 0 aliphatic heterocycles. The van der Waals surface area contributed by atoms with Crippen LogP contribution in [0.1, 0.15) is 36.5 Å². The maximum atomic E-state index is 11.8. The Balaban J connectivity index is 1.86. The second kappa shape index (κ2) is 6.32. The van der Waals surface area contributed by atoms with Crippen LogP contribution in [0.5, 0.6) is 0 Å². The molecule has 1 aromatic rings. The van der Waals surface area contributed by atoms with Gasteiger partial charge in [0.25, 0.3) is 0 Å². The molecule has 1 saturated carbocycles. The molecule has 2 rings (SSSR count). The highest BCUT2D eigenvalue weighted by Gasteiger charge is 2.31. The van der Waals surface area contributed by atoms with Crippen molar-refractivity contribution in [3.05, 3.63) is 29.8 Å². The molecule has 0 unspecified atom stereocenters. The fourth-order valence-electron chi connectivity index (χ4n) is 1.65. The van der Waals surface area contributed by atoms with Gasteiger partial charge in [0, 0.05) is 17.7 Å². The third kappa shape index (κ3) is 3.91. The van der Waals surface area contributed by atoms with Crippen molar-refractivity contribution in [3.63, 3.8) is 0 Å². The summed E-state index contributed by atoms with van der Waals surface area (Å²) in [6.07, 6.45) is 2.12. The average molecular weight is 275 g/mol. The first-order valence-corrected chi connectivity index (χ1v) is 6.70. The summed E-state index contributed by atoms with van der Waals surface area (Å²) in [5.41, 5.74) is 1.10. The highest BCUT2D eigenvalue weighted by atomic mass is 16.5. The molecule has 1 amide bonds. The van der Waals surface area contributed by atoms with Gasteiger partial charge in [-0.3, -0.25) is 14.4 Å². The van der Waals surface area contributed by atoms with Crippen molar-refractivity contribution in [1.29, 1.82) is 0 Å². The molecule has 0 aromatic heterocycles. The number of ether oxygens (including phenoxy) is 1. The van der Waals surface area contributed by atoms with Crippen molar-refractivity contribution in [3.8, 4) is 0 Å². The number of anilines is 1. The molecule has 1 aromatic carbocycles. The molecule has 1 fully saturated rings. The van der Waals surface area contributed by atoms with Gasteiger partial charge >= 0.3 is 5.97 Å². The number of ketones is 1. The molecule has 0 atom stereocenters. The zero-order valence-electron chi connectivity index (χ0n) is 11.3. The number of hydrogen-bond donors (Lipinski definition) is 1. The molecule has 5 nitrogen and oxygen atoms in total. The van der Waals surface area contributed by atoms with Crippen LogP contribution in [0.4, 0.5) is 5.69 Å². The third-order valence-corrected chi connectivity index (χ3v) is 3.07. The van der Waals surface area contributed by atoms with Crippen LogP contribution in [0.3, 0.4) is 0 Å². The Bertz CT molecular complexity index is 517. The van der Waals surface area contributed by atoms with E-state index in [2.05, 4.69) is 5.32 Å². The van der Waals surface area contributed by atoms with Gasteiger partial charge in [-0.15, -0.1) is 0 Å². The predicted octanol–water partition coefficient (Wildman–Crippen LogP) is 2.17. The fourth-order valence-corrected chi connectivity index (χ4v) is 1.65. The van der Waals surface area contributed by atoms with Crippen molar-refractivity contribution < 1.29 is 19.1 Å². The first-order valence-electron chi connectivity index (χ1n) is 6.70. The van der Waals surface area contributed by atoms with E-state index < -0.39 is 0 Å². The third-order valence-electron chi connectivity index (χ3n) is 3.07. The van der Waals surface area contributed by atoms with Crippen LogP contribution in [-0.2, 0) is 14.3 Å². The number of esters is 1. The number of nitrogens with one attached hydrogen (secondary N) is 1. The van der Waals surface area contributed by atoms with Gasteiger partial charge < -0.3 is 10.1 Å². The van der Waals surface area contributed by atoms with Crippen LogP contribution in [0.2, 0.25) is 0 Å². The Kier molecular flexibility index (Phi) is 4.50. The number of rotatable bonds is 6. The standard InChI is InChI=1S/C15H17NO4/c1-2-14(18)16-12-7-5-10(6-8-12)13(17)9-20-15(19)11-3-4-11/h5-8,11H,2-4,9H2,1H3,(H,16,18). The predicted molar refractivity (Wildman–Crippen MR) is 73.4 cm³/mol. The van der Waals surface area contributed by atoms with E-state index in [1.54, 1.807) is 31.2 Å². The van der Waals surface area contributed by atoms with Gasteiger partial charge in [0.1, 0.15) is 0 Å². The van der Waals surface area contributed by atoms with Gasteiger partial charge in [-0.2, -0.15) is 0 Å². The molecule has 0 heterocycles. The normalized spacial score (nSPS) is 13.7. The lowest BCUT2D eigenvalue weighted by Crippen LogP contribution is -2.15. The second-order valence-electron chi connectivity index (χ2n) is 4.78. The van der Waals surface area contributed by atoms with Crippen molar-refractivity contribution in [2.24, 2.45) is 5.92 Å². The number of carbonyl (C=O) groups is 3. The Hall–Kier alpha value is -2.17. The molecule has 0 saturated heterocycles. The van der Waals surface area contributed by atoms with Gasteiger partial charge in [0.15, 0.2) is 12.4 Å². The fraction of sp³-hybridized carbons (Fsp3) is 0.400. The molecule has 0 bridgehead atoms. The van der Waals surface area contributed by atoms with Gasteiger partial charge in [0.05, 0.1) is 5.92 Å². The van der Waals surface area contributed by atoms with E-state index in [1.807, 2.05) is 0 Å². The van der Waals surface area contributed by atoms with Crippen molar-refractivity contribution in [2.45, 2.75) is 26.2 Å². The summed E-state index contributed by atoms with van der Waals surface area (Å²) < 4.78 is 4.94. The van der Waals surface area contributed by atoms with Gasteiger partial charge in [-0.1, -0.05) is 6.92 Å². The van der Waals surface area contributed by atoms with Crippen LogP contribution in [-0.4, -0.2) is 24.3 Å². The number of Topliss-reactive ketones (excluding diaryl/α,β-unsaturated/α-hetero) is 1. The van der Waals surface area contributed by atoms with Crippen LogP contribution < -0.4 is 5.32 Å². The molecule has 106 valence electrons. The zero-order valence-corrected chi connectivity index (χ0v) is 11.3. The summed E-state index contributed by atoms with van der Waals surface area (Å²) in [4.78, 5) is 34.4. The maximum absolute atomic E-state index is 11.8. The molecule has 20 heavy (non-hydrogen) atoms. The Morgan fingerprint density at radius 1 is 1.20 bits per heavy atom. The van der Waals surface area contributed by atoms with Crippen molar-refractivity contribution in [2.75, 3.05) is 11.9 Å². The van der Waals surface area contributed by atoms with E-state index in [0.29, 0.717) is 17.7 Å². The number of amides is 1. The zero-order chi connectivity index (χ0) is 14.5. The van der Waals surface area contributed by atoms with E-state index in [1.165, 1.54) is 0 Å². The summed E-state index contributed by atoms with van der Waals surface area (Å²) in [5, 5.41) is 2.70. The van der Waals surface area contributed by atoms with E-state index >= 15 is 0 Å². The van der Waals surface area contributed by atoms with Crippen LogP contribution >= 0.6 is 0 Å². The average Bonchev–Trinajstić information content (AvgIpc) is 3.29. The van der Waals surface area contributed by atoms with E-state index in [4.69, 9.17) is 4.74 Å². The minimum atomic E-state index is -0.287. The molecule has 0 spiro atoms. The number of benzene rings is 1. The Morgan fingerprint density at radius 2 is 1.85 bits per heavy atom. The van der Waals surface area contributed by atoms with E-state index in [9.17, 15) is 14.4 Å². The molecule has 5 heteroatoms. The van der Waals surface area contributed by atoms with E-state index in [0.717, 1.165) is 12.8 Å². The second-order valence-corrected chi connectivity index (χ2v) is 4.78. The lowest BCUT2D eigenvalue weighted by molar-refractivity contribution is -0.144. The largest absolute Gasteiger partial charge is 0.457 e. The molecular weight excluding hydrogens is 258 g/mol. The lowest BCUT2D eigenvalue weighted by atomic mass is 10.1. The summed E-state index contributed by atoms with van der Waals surface area (Å²) in [6, 6.07) is 6.53. The molecule has 1 aliphatic rings. The SMILES string of the molecule is CCC(=O)Nc1ccc(C(=O)COC(=O)C2CC2)cc1. The number of carbonyl (C=O) groups excluding carboxylic acids is 3. The Labute approximate surface area is 117 Å². The topological polar surface area (TPSA) is 72.5 Å². The maximum Gasteiger partial charge on any atom is 0.309 e. The highest BCUT2D eigenvalue weighted by molar-refractivity contribution is 5.99.